The van der Waals surface area contributed by atoms with E-state index in [-0.39, 0.29) is 0 Å². The van der Waals surface area contributed by atoms with Crippen LogP contribution in [-0.4, -0.2) is 33.8 Å². The van der Waals surface area contributed by atoms with Crippen molar-refractivity contribution in [2.24, 2.45) is 0 Å². The highest BCUT2D eigenvalue weighted by Gasteiger charge is 2.44. The lowest BCUT2D eigenvalue weighted by Gasteiger charge is -2.41. The van der Waals surface area contributed by atoms with Crippen LogP contribution in [-0.2, 0) is 12.3 Å². The predicted molar refractivity (Wildman–Crippen MR) is 200 cm³/mol. The van der Waals surface area contributed by atoms with E-state index >= 15 is 0 Å². The van der Waals surface area contributed by atoms with E-state index < -0.39 is 33.8 Å². The van der Waals surface area contributed by atoms with Crippen LogP contribution in [0.3, 0.4) is 0 Å². The molecule has 0 rings (SSSR count). The van der Waals surface area contributed by atoms with E-state index in [4.69, 9.17) is 12.3 Å². The first-order chi connectivity index (χ1) is 19.7. The fourth-order valence-electron chi connectivity index (χ4n) is 6.46. The van der Waals surface area contributed by atoms with Crippen LogP contribution in [0.25, 0.3) is 0 Å². The predicted octanol–water partition coefficient (Wildman–Crippen LogP) is 13.9. The quantitative estimate of drug-likeness (QED) is 0.0547. The van der Waals surface area contributed by atoms with Gasteiger partial charge in [0.15, 0.2) is 16.6 Å². The van der Waals surface area contributed by atoms with Crippen molar-refractivity contribution in [3.05, 3.63) is 0 Å². The third-order valence-corrected chi connectivity index (χ3v) is 21.6. The summed E-state index contributed by atoms with van der Waals surface area (Å²) in [5.41, 5.74) is 0. The average molecular weight is 661 g/mol. The molecule has 0 aliphatic heterocycles. The van der Waals surface area contributed by atoms with Gasteiger partial charge < -0.3 is 12.3 Å². The molecule has 1 unspecified atom stereocenters. The summed E-state index contributed by atoms with van der Waals surface area (Å²) < 4.78 is 20.1. The van der Waals surface area contributed by atoms with E-state index in [0.29, 0.717) is 0 Å². The van der Waals surface area contributed by atoms with E-state index in [1.165, 1.54) is 154 Å². The molecule has 0 aromatic rings. The summed E-state index contributed by atoms with van der Waals surface area (Å²) in [5.74, 6) is 0. The Morgan fingerprint density at radius 3 is 0.833 bits per heavy atom. The van der Waals surface area contributed by atoms with Gasteiger partial charge in [0.1, 0.15) is 0 Å². The van der Waals surface area contributed by atoms with E-state index in [2.05, 4.69) is 65.8 Å². The molecule has 0 aromatic carbocycles. The van der Waals surface area contributed by atoms with Crippen LogP contribution in [0.15, 0.2) is 0 Å². The van der Waals surface area contributed by atoms with E-state index in [0.717, 1.165) is 6.04 Å². The number of unbranched alkanes of at least 4 members (excludes halogenated alkanes) is 23. The fourth-order valence-corrected chi connectivity index (χ4v) is 24.5. The topological polar surface area (TPSA) is 27.7 Å². The summed E-state index contributed by atoms with van der Waals surface area (Å²) in [6, 6.07) is 1.11. The van der Waals surface area contributed by atoms with Gasteiger partial charge in [0.25, 0.3) is 0 Å². The summed E-state index contributed by atoms with van der Waals surface area (Å²) in [4.78, 5) is 0. The van der Waals surface area contributed by atoms with Gasteiger partial charge in [0.2, 0.25) is 0 Å². The molecule has 0 aliphatic carbocycles. The molecule has 1 atom stereocenters. The monoisotopic (exact) mass is 661 g/mol. The molecule has 0 aliphatic rings. The molecule has 0 heterocycles. The zero-order valence-electron chi connectivity index (χ0n) is 30.9. The molecule has 0 spiro atoms. The molecule has 254 valence electrons. The molecule has 0 amide bonds. The molecular weight excluding hydrogens is 581 g/mol. The van der Waals surface area contributed by atoms with Gasteiger partial charge in [0, 0.05) is 0 Å². The maximum absolute atomic E-state index is 6.83. The zero-order valence-corrected chi connectivity index (χ0v) is 34.9. The first kappa shape index (κ1) is 42.7. The lowest BCUT2D eigenvalue weighted by atomic mass is 10.0. The summed E-state index contributed by atoms with van der Waals surface area (Å²) >= 11 is 0. The molecular formula is C35H80O3Si4. The van der Waals surface area contributed by atoms with Crippen LogP contribution in [0.2, 0.25) is 65.0 Å². The molecule has 0 radical (unpaired) electrons. The van der Waals surface area contributed by atoms with Crippen molar-refractivity contribution in [1.82, 2.24) is 0 Å². The molecule has 0 fully saturated rings. The molecule has 3 nitrogen and oxygen atoms in total. The molecule has 0 bridgehead atoms. The van der Waals surface area contributed by atoms with Crippen LogP contribution in [0, 0.1) is 0 Å². The van der Waals surface area contributed by atoms with Crippen LogP contribution >= 0.6 is 0 Å². The molecule has 0 saturated heterocycles. The minimum Gasteiger partial charge on any atom is -0.437 e. The maximum Gasteiger partial charge on any atom is 0.315 e. The van der Waals surface area contributed by atoms with Crippen molar-refractivity contribution in [3.8, 4) is 0 Å². The van der Waals surface area contributed by atoms with Gasteiger partial charge >= 0.3 is 17.1 Å². The smallest absolute Gasteiger partial charge is 0.315 e. The van der Waals surface area contributed by atoms with Crippen molar-refractivity contribution in [2.75, 3.05) is 0 Å². The Bertz CT molecular complexity index is 604. The second kappa shape index (κ2) is 24.9. The Morgan fingerprint density at radius 1 is 0.310 bits per heavy atom. The highest BCUT2D eigenvalue weighted by Crippen LogP contribution is 2.28. The second-order valence-electron chi connectivity index (χ2n) is 15.9. The minimum atomic E-state index is -2.22. The van der Waals surface area contributed by atoms with Gasteiger partial charge in [-0.3, -0.25) is 0 Å². The van der Waals surface area contributed by atoms with Gasteiger partial charge in [0.05, 0.1) is 0 Å². The molecule has 7 heteroatoms. The lowest BCUT2D eigenvalue weighted by molar-refractivity contribution is 0.322. The molecule has 42 heavy (non-hydrogen) atoms. The van der Waals surface area contributed by atoms with E-state index in [1.807, 2.05) is 0 Å². The summed E-state index contributed by atoms with van der Waals surface area (Å²) in [6.45, 7) is 22.8. The first-order valence-corrected chi connectivity index (χ1v) is 30.9. The van der Waals surface area contributed by atoms with Crippen molar-refractivity contribution in [1.29, 1.82) is 0 Å². The summed E-state index contributed by atoms with van der Waals surface area (Å²) in [5, 5.41) is 0. The third kappa shape index (κ3) is 30.8. The van der Waals surface area contributed by atoms with E-state index in [9.17, 15) is 0 Å². The van der Waals surface area contributed by atoms with Crippen LogP contribution < -0.4 is 0 Å². The van der Waals surface area contributed by atoms with Gasteiger partial charge in [-0.15, -0.1) is 0 Å². The number of rotatable bonds is 31. The largest absolute Gasteiger partial charge is 0.437 e. The average Bonchev–Trinajstić information content (AvgIpc) is 2.83. The van der Waals surface area contributed by atoms with Crippen molar-refractivity contribution < 1.29 is 12.3 Å². The van der Waals surface area contributed by atoms with Crippen molar-refractivity contribution in [3.63, 3.8) is 0 Å². The maximum atomic E-state index is 6.83. The van der Waals surface area contributed by atoms with E-state index in [1.54, 1.807) is 0 Å². The zero-order chi connectivity index (χ0) is 31.8. The second-order valence-corrected chi connectivity index (χ2v) is 32.4. The van der Waals surface area contributed by atoms with Crippen LogP contribution in [0.5, 0.6) is 0 Å². The lowest BCUT2D eigenvalue weighted by Crippen LogP contribution is -2.56. The third-order valence-electron chi connectivity index (χ3n) is 8.02. The summed E-state index contributed by atoms with van der Waals surface area (Å²) in [6.07, 6.45) is 34.5. The normalized spacial score (nSPS) is 14.4. The van der Waals surface area contributed by atoms with Crippen LogP contribution in [0.1, 0.15) is 161 Å². The SMILES string of the molecule is CCCCCCCCCCCCCCCCCCCCCCCCCC[Si](C)(O[Si](C)(C)C)O[Si](C)(C)O[Si](C)(C)C. The summed E-state index contributed by atoms with van der Waals surface area (Å²) in [7, 11) is -7.67. The van der Waals surface area contributed by atoms with Crippen molar-refractivity contribution >= 4 is 33.8 Å². The van der Waals surface area contributed by atoms with Gasteiger partial charge in [-0.2, -0.15) is 0 Å². The Morgan fingerprint density at radius 2 is 0.571 bits per heavy atom. The van der Waals surface area contributed by atoms with Gasteiger partial charge in [-0.05, 0) is 65.0 Å². The van der Waals surface area contributed by atoms with Crippen LogP contribution in [0.4, 0.5) is 0 Å². The minimum absolute atomic E-state index is 1.11. The highest BCUT2D eigenvalue weighted by molar-refractivity contribution is 6.89. The molecule has 0 N–H and O–H groups in total. The molecule has 0 saturated carbocycles. The Hall–Kier alpha value is 0.748. The Labute approximate surface area is 271 Å². The molecule has 0 aromatic heterocycles. The Balaban J connectivity index is 3.69. The van der Waals surface area contributed by atoms with Crippen molar-refractivity contribution in [2.45, 2.75) is 226 Å². The standard InChI is InChI=1S/C35H80O3Si4/c1-11-12-13-14-15-16-17-18-19-20-21-22-23-24-25-26-27-28-29-30-31-32-33-34-35-42(10,37-40(5,6)7)38-41(8,9)36-39(2,3)4/h11-35H2,1-10H3. The number of hydrogen-bond donors (Lipinski definition) is 0. The first-order valence-electron chi connectivity index (χ1n) is 18.8. The Kier molecular flexibility index (Phi) is 25.4. The fraction of sp³-hybridized carbons (Fsp3) is 1.00. The highest BCUT2D eigenvalue weighted by atomic mass is 28.5. The van der Waals surface area contributed by atoms with Gasteiger partial charge in [-0.1, -0.05) is 161 Å². The number of hydrogen-bond acceptors (Lipinski definition) is 3. The van der Waals surface area contributed by atoms with Gasteiger partial charge in [-0.25, -0.2) is 0 Å².